The SMILES string of the molecule is O=C(CCc1ncc(-c2ccc(Cl)cc2Cl)o1)NCCc1cc(Cl)c2c(c1)OCCO2. The number of fused-ring (bicyclic) bond motifs is 1. The third kappa shape index (κ3) is 5.45. The average Bonchev–Trinajstić information content (AvgIpc) is 3.21. The van der Waals surface area contributed by atoms with Crippen molar-refractivity contribution in [3.8, 4) is 22.8 Å². The number of carbonyl (C=O) groups excluding carboxylic acids is 1. The van der Waals surface area contributed by atoms with Gasteiger partial charge in [0.25, 0.3) is 0 Å². The fraction of sp³-hybridized carbons (Fsp3) is 0.273. The van der Waals surface area contributed by atoms with Crippen molar-refractivity contribution in [1.82, 2.24) is 10.3 Å². The van der Waals surface area contributed by atoms with Crippen LogP contribution < -0.4 is 14.8 Å². The Bertz CT molecular complexity index is 1100. The van der Waals surface area contributed by atoms with Gasteiger partial charge in [-0.3, -0.25) is 4.79 Å². The molecular formula is C22H19Cl3N2O4. The molecule has 0 fully saturated rings. The largest absolute Gasteiger partial charge is 0.486 e. The Morgan fingerprint density at radius 2 is 1.87 bits per heavy atom. The second kappa shape index (κ2) is 9.81. The van der Waals surface area contributed by atoms with Gasteiger partial charge in [-0.05, 0) is 42.3 Å². The van der Waals surface area contributed by atoms with Crippen LogP contribution in [0.25, 0.3) is 11.3 Å². The van der Waals surface area contributed by atoms with Gasteiger partial charge in [0.15, 0.2) is 23.1 Å². The molecule has 0 saturated carbocycles. The van der Waals surface area contributed by atoms with Gasteiger partial charge in [-0.2, -0.15) is 0 Å². The third-order valence-corrected chi connectivity index (χ3v) is 5.54. The number of aryl methyl sites for hydroxylation is 1. The highest BCUT2D eigenvalue weighted by atomic mass is 35.5. The van der Waals surface area contributed by atoms with Crippen molar-refractivity contribution < 1.29 is 18.7 Å². The quantitative estimate of drug-likeness (QED) is 0.491. The first-order valence-corrected chi connectivity index (χ1v) is 10.9. The van der Waals surface area contributed by atoms with Crippen LogP contribution in [-0.2, 0) is 17.6 Å². The van der Waals surface area contributed by atoms with E-state index in [-0.39, 0.29) is 12.3 Å². The number of hydrogen-bond acceptors (Lipinski definition) is 5. The summed E-state index contributed by atoms with van der Waals surface area (Å²) in [4.78, 5) is 16.4. The normalized spacial score (nSPS) is 12.6. The number of halogens is 3. The summed E-state index contributed by atoms with van der Waals surface area (Å²) in [6.45, 7) is 1.46. The van der Waals surface area contributed by atoms with Gasteiger partial charge in [-0.1, -0.05) is 34.8 Å². The Morgan fingerprint density at radius 1 is 1.03 bits per heavy atom. The topological polar surface area (TPSA) is 73.6 Å². The molecule has 0 unspecified atom stereocenters. The monoisotopic (exact) mass is 480 g/mol. The molecule has 4 rings (SSSR count). The molecule has 0 spiro atoms. The van der Waals surface area contributed by atoms with Crippen molar-refractivity contribution in [1.29, 1.82) is 0 Å². The van der Waals surface area contributed by atoms with Crippen LogP contribution in [0.5, 0.6) is 11.5 Å². The molecule has 1 N–H and O–H groups in total. The Morgan fingerprint density at radius 3 is 2.71 bits per heavy atom. The molecule has 0 bridgehead atoms. The minimum Gasteiger partial charge on any atom is -0.486 e. The van der Waals surface area contributed by atoms with Crippen LogP contribution in [-0.4, -0.2) is 30.6 Å². The maximum Gasteiger partial charge on any atom is 0.220 e. The van der Waals surface area contributed by atoms with Crippen LogP contribution in [0, 0.1) is 0 Å². The van der Waals surface area contributed by atoms with Crippen molar-refractivity contribution >= 4 is 40.7 Å². The van der Waals surface area contributed by atoms with Gasteiger partial charge < -0.3 is 19.2 Å². The first-order chi connectivity index (χ1) is 15.0. The van der Waals surface area contributed by atoms with Crippen LogP contribution in [0.4, 0.5) is 0 Å². The fourth-order valence-corrected chi connectivity index (χ4v) is 3.99. The van der Waals surface area contributed by atoms with E-state index < -0.39 is 0 Å². The standard InChI is InChI=1S/C22H19Cl3N2O4/c23-14-1-2-15(16(24)11-14)19-12-27-21(31-19)4-3-20(28)26-6-5-13-9-17(25)22-18(10-13)29-7-8-30-22/h1-2,9-12H,3-8H2,(H,26,28). The fourth-order valence-electron chi connectivity index (χ4n) is 3.20. The lowest BCUT2D eigenvalue weighted by Crippen LogP contribution is -2.26. The van der Waals surface area contributed by atoms with Gasteiger partial charge in [0.1, 0.15) is 13.2 Å². The van der Waals surface area contributed by atoms with E-state index in [9.17, 15) is 4.79 Å². The number of hydrogen-bond donors (Lipinski definition) is 1. The second-order valence-electron chi connectivity index (χ2n) is 6.94. The second-order valence-corrected chi connectivity index (χ2v) is 8.20. The lowest BCUT2D eigenvalue weighted by molar-refractivity contribution is -0.121. The van der Waals surface area contributed by atoms with Crippen LogP contribution in [0.3, 0.4) is 0 Å². The Hall–Kier alpha value is -2.41. The molecule has 162 valence electrons. The summed E-state index contributed by atoms with van der Waals surface area (Å²) >= 11 is 18.4. The van der Waals surface area contributed by atoms with Crippen molar-refractivity contribution in [3.05, 3.63) is 63.1 Å². The van der Waals surface area contributed by atoms with Crippen molar-refractivity contribution in [2.75, 3.05) is 19.8 Å². The molecule has 3 aromatic rings. The lowest BCUT2D eigenvalue weighted by atomic mass is 10.1. The molecule has 31 heavy (non-hydrogen) atoms. The van der Waals surface area contributed by atoms with Crippen LogP contribution in [0.2, 0.25) is 15.1 Å². The maximum atomic E-state index is 12.2. The van der Waals surface area contributed by atoms with E-state index in [0.717, 1.165) is 5.56 Å². The molecule has 0 atom stereocenters. The van der Waals surface area contributed by atoms with Gasteiger partial charge in [-0.15, -0.1) is 0 Å². The number of rotatable bonds is 7. The zero-order valence-electron chi connectivity index (χ0n) is 16.4. The molecule has 0 aliphatic carbocycles. The number of nitrogens with zero attached hydrogens (tertiary/aromatic N) is 1. The highest BCUT2D eigenvalue weighted by Crippen LogP contribution is 2.38. The Kier molecular flexibility index (Phi) is 6.90. The average molecular weight is 482 g/mol. The maximum absolute atomic E-state index is 12.2. The molecule has 1 aliphatic rings. The van der Waals surface area contributed by atoms with E-state index >= 15 is 0 Å². The summed E-state index contributed by atoms with van der Waals surface area (Å²) in [5, 5.41) is 4.43. The predicted octanol–water partition coefficient (Wildman–Crippen LogP) is 5.36. The summed E-state index contributed by atoms with van der Waals surface area (Å²) in [7, 11) is 0. The van der Waals surface area contributed by atoms with E-state index in [2.05, 4.69) is 10.3 Å². The van der Waals surface area contributed by atoms with E-state index in [1.165, 1.54) is 0 Å². The van der Waals surface area contributed by atoms with E-state index in [0.29, 0.717) is 76.4 Å². The summed E-state index contributed by atoms with van der Waals surface area (Å²) in [6, 6.07) is 8.86. The van der Waals surface area contributed by atoms with Crippen molar-refractivity contribution in [2.45, 2.75) is 19.3 Å². The highest BCUT2D eigenvalue weighted by molar-refractivity contribution is 6.36. The summed E-state index contributed by atoms with van der Waals surface area (Å²) in [6.07, 6.45) is 2.86. The van der Waals surface area contributed by atoms with Crippen LogP contribution in [0.15, 0.2) is 40.9 Å². The molecule has 1 amide bonds. The van der Waals surface area contributed by atoms with E-state index in [1.54, 1.807) is 24.4 Å². The van der Waals surface area contributed by atoms with Crippen LogP contribution in [0.1, 0.15) is 17.9 Å². The predicted molar refractivity (Wildman–Crippen MR) is 119 cm³/mol. The number of carbonyl (C=O) groups is 1. The number of amides is 1. The molecule has 1 aromatic heterocycles. The van der Waals surface area contributed by atoms with Gasteiger partial charge >= 0.3 is 0 Å². The van der Waals surface area contributed by atoms with Gasteiger partial charge in [-0.25, -0.2) is 4.98 Å². The lowest BCUT2D eigenvalue weighted by Gasteiger charge is -2.20. The zero-order chi connectivity index (χ0) is 21.8. The minimum atomic E-state index is -0.0899. The summed E-state index contributed by atoms with van der Waals surface area (Å²) in [5.41, 5.74) is 1.67. The molecule has 0 radical (unpaired) electrons. The zero-order valence-corrected chi connectivity index (χ0v) is 18.7. The van der Waals surface area contributed by atoms with E-state index in [4.69, 9.17) is 48.7 Å². The Labute approximate surface area is 194 Å². The van der Waals surface area contributed by atoms with Crippen molar-refractivity contribution in [3.63, 3.8) is 0 Å². The molecule has 1 aliphatic heterocycles. The molecule has 2 aromatic carbocycles. The summed E-state index contributed by atoms with van der Waals surface area (Å²) < 4.78 is 16.8. The minimum absolute atomic E-state index is 0.0899. The number of benzene rings is 2. The molecule has 6 nitrogen and oxygen atoms in total. The molecule has 9 heteroatoms. The highest BCUT2D eigenvalue weighted by Gasteiger charge is 2.17. The Balaban J connectivity index is 1.26. The van der Waals surface area contributed by atoms with Gasteiger partial charge in [0, 0.05) is 30.0 Å². The van der Waals surface area contributed by atoms with Gasteiger partial charge in [0.05, 0.1) is 16.2 Å². The van der Waals surface area contributed by atoms with Gasteiger partial charge in [0.2, 0.25) is 5.91 Å². The van der Waals surface area contributed by atoms with Crippen molar-refractivity contribution in [2.24, 2.45) is 0 Å². The number of aromatic nitrogens is 1. The number of nitrogens with one attached hydrogen (secondary N) is 1. The summed E-state index contributed by atoms with van der Waals surface area (Å²) in [5.74, 6) is 2.13. The van der Waals surface area contributed by atoms with E-state index in [1.807, 2.05) is 12.1 Å². The van der Waals surface area contributed by atoms with Crippen LogP contribution >= 0.6 is 34.8 Å². The first kappa shape index (κ1) is 21.8. The number of ether oxygens (including phenoxy) is 2. The molecule has 0 saturated heterocycles. The number of oxazole rings is 1. The third-order valence-electron chi connectivity index (χ3n) is 4.71. The molecule has 2 heterocycles. The first-order valence-electron chi connectivity index (χ1n) is 9.74. The molecular weight excluding hydrogens is 463 g/mol. The smallest absolute Gasteiger partial charge is 0.220 e.